The maximum atomic E-state index is 9.71. The molecule has 1 atom stereocenters. The van der Waals surface area contributed by atoms with Gasteiger partial charge in [0.25, 0.3) is 0 Å². The number of aliphatic hydroxyl groups excluding tert-OH is 1. The highest BCUT2D eigenvalue weighted by Crippen LogP contribution is 2.14. The molecule has 29 heavy (non-hydrogen) atoms. The van der Waals surface area contributed by atoms with Crippen LogP contribution in [0.3, 0.4) is 0 Å². The highest BCUT2D eigenvalue weighted by Gasteiger charge is 2.15. The number of hydrogen-bond acceptors (Lipinski definition) is 5. The zero-order valence-electron chi connectivity index (χ0n) is 17.4. The summed E-state index contributed by atoms with van der Waals surface area (Å²) in [6.07, 6.45) is 1.93. The second-order valence-corrected chi connectivity index (χ2v) is 7.41. The molecule has 0 saturated carbocycles. The Kier molecular flexibility index (Phi) is 7.84. The summed E-state index contributed by atoms with van der Waals surface area (Å²) in [5.41, 5.74) is 2.22. The van der Waals surface area contributed by atoms with Crippen molar-refractivity contribution >= 4 is 11.8 Å². The number of aromatic nitrogens is 1. The van der Waals surface area contributed by atoms with Gasteiger partial charge in [0.15, 0.2) is 5.96 Å². The predicted octanol–water partition coefficient (Wildman–Crippen LogP) is 1.27. The lowest BCUT2D eigenvalue weighted by Gasteiger charge is -2.33. The lowest BCUT2D eigenvalue weighted by Crippen LogP contribution is -2.44. The van der Waals surface area contributed by atoms with E-state index in [1.165, 1.54) is 0 Å². The van der Waals surface area contributed by atoms with Crippen molar-refractivity contribution in [2.24, 2.45) is 4.99 Å². The Morgan fingerprint density at radius 3 is 2.48 bits per heavy atom. The van der Waals surface area contributed by atoms with Crippen molar-refractivity contribution in [3.05, 3.63) is 59.8 Å². The number of guanidine groups is 1. The summed E-state index contributed by atoms with van der Waals surface area (Å²) in [7, 11) is 3.91. The first-order chi connectivity index (χ1) is 14.2. The maximum Gasteiger partial charge on any atom is 0.191 e. The van der Waals surface area contributed by atoms with Crippen LogP contribution >= 0.6 is 0 Å². The van der Waals surface area contributed by atoms with Gasteiger partial charge in [0.2, 0.25) is 0 Å². The molecule has 3 rings (SSSR count). The number of likely N-dealkylation sites (N-methyl/N-ethyl adjacent to an activating group) is 1. The van der Waals surface area contributed by atoms with E-state index in [0.717, 1.165) is 43.1 Å². The third kappa shape index (κ3) is 6.17. The van der Waals surface area contributed by atoms with E-state index in [4.69, 9.17) is 0 Å². The fourth-order valence-electron chi connectivity index (χ4n) is 3.38. The smallest absolute Gasteiger partial charge is 0.191 e. The number of rotatable bonds is 7. The molecular formula is C22H32N6O. The SMILES string of the molecule is CN=C(NCc1ccc(N2CCN(C)CC2)nc1)NCC(CO)c1ccccc1. The first kappa shape index (κ1) is 21.1. The molecule has 3 N–H and O–H groups in total. The molecule has 1 aromatic heterocycles. The summed E-state index contributed by atoms with van der Waals surface area (Å²) < 4.78 is 0. The molecule has 0 bridgehead atoms. The predicted molar refractivity (Wildman–Crippen MR) is 118 cm³/mol. The molecule has 1 fully saturated rings. The van der Waals surface area contributed by atoms with Crippen LogP contribution in [0.4, 0.5) is 5.82 Å². The molecule has 7 heteroatoms. The van der Waals surface area contributed by atoms with Crippen LogP contribution in [0.2, 0.25) is 0 Å². The summed E-state index contributed by atoms with van der Waals surface area (Å²) in [6.45, 7) is 5.53. The van der Waals surface area contributed by atoms with Gasteiger partial charge in [0.05, 0.1) is 6.61 Å². The number of benzene rings is 1. The number of piperazine rings is 1. The molecule has 0 amide bonds. The molecule has 1 aliphatic heterocycles. The van der Waals surface area contributed by atoms with Crippen molar-refractivity contribution < 1.29 is 5.11 Å². The van der Waals surface area contributed by atoms with Gasteiger partial charge in [-0.15, -0.1) is 0 Å². The van der Waals surface area contributed by atoms with Gasteiger partial charge in [-0.2, -0.15) is 0 Å². The Morgan fingerprint density at radius 2 is 1.86 bits per heavy atom. The zero-order chi connectivity index (χ0) is 20.5. The first-order valence-electron chi connectivity index (χ1n) is 10.2. The number of anilines is 1. The van der Waals surface area contributed by atoms with Gasteiger partial charge in [-0.05, 0) is 24.2 Å². The molecule has 1 aromatic carbocycles. The van der Waals surface area contributed by atoms with Crippen LogP contribution in [0.15, 0.2) is 53.7 Å². The number of hydrogen-bond donors (Lipinski definition) is 3. The largest absolute Gasteiger partial charge is 0.396 e. The van der Waals surface area contributed by atoms with Crippen LogP contribution in [0.25, 0.3) is 0 Å². The summed E-state index contributed by atoms with van der Waals surface area (Å²) in [6, 6.07) is 14.2. The van der Waals surface area contributed by atoms with Crippen LogP contribution < -0.4 is 15.5 Å². The highest BCUT2D eigenvalue weighted by atomic mass is 16.3. The number of nitrogens with one attached hydrogen (secondary N) is 2. The van der Waals surface area contributed by atoms with E-state index in [-0.39, 0.29) is 12.5 Å². The van der Waals surface area contributed by atoms with E-state index < -0.39 is 0 Å². The summed E-state index contributed by atoms with van der Waals surface area (Å²) in [5, 5.41) is 16.3. The van der Waals surface area contributed by atoms with Crippen LogP contribution in [0.1, 0.15) is 17.0 Å². The lowest BCUT2D eigenvalue weighted by atomic mass is 10.0. The van der Waals surface area contributed by atoms with Gasteiger partial charge in [0.1, 0.15) is 5.82 Å². The van der Waals surface area contributed by atoms with Gasteiger partial charge in [0, 0.05) is 58.4 Å². The van der Waals surface area contributed by atoms with E-state index in [0.29, 0.717) is 19.0 Å². The second kappa shape index (κ2) is 10.8. The second-order valence-electron chi connectivity index (χ2n) is 7.41. The molecule has 7 nitrogen and oxygen atoms in total. The molecule has 1 aliphatic rings. The van der Waals surface area contributed by atoms with E-state index in [9.17, 15) is 5.11 Å². The third-order valence-electron chi connectivity index (χ3n) is 5.33. The Bertz CT molecular complexity index is 757. The Labute approximate surface area is 173 Å². The molecule has 0 spiro atoms. The highest BCUT2D eigenvalue weighted by molar-refractivity contribution is 5.79. The Hall–Kier alpha value is -2.64. The van der Waals surface area contributed by atoms with E-state index in [2.05, 4.69) is 49.6 Å². The standard InChI is InChI=1S/C22H32N6O/c1-23-22(26-16-20(17-29)19-6-4-3-5-7-19)25-15-18-8-9-21(24-14-18)28-12-10-27(2)11-13-28/h3-9,14,20,29H,10-13,15-17H2,1-2H3,(H2,23,25,26). The van der Waals surface area contributed by atoms with Gasteiger partial charge in [-0.25, -0.2) is 4.98 Å². The van der Waals surface area contributed by atoms with Gasteiger partial charge in [-0.1, -0.05) is 36.4 Å². The van der Waals surface area contributed by atoms with E-state index in [1.807, 2.05) is 36.5 Å². The molecule has 0 radical (unpaired) electrons. The number of aliphatic hydroxyl groups is 1. The molecule has 156 valence electrons. The lowest BCUT2D eigenvalue weighted by molar-refractivity contribution is 0.265. The summed E-state index contributed by atoms with van der Waals surface area (Å²) >= 11 is 0. The Balaban J connectivity index is 1.47. The monoisotopic (exact) mass is 396 g/mol. The minimum atomic E-state index is 0.0271. The normalized spacial score (nSPS) is 16.5. The van der Waals surface area contributed by atoms with Crippen LogP contribution in [-0.2, 0) is 6.54 Å². The Morgan fingerprint density at radius 1 is 1.10 bits per heavy atom. The molecule has 0 aliphatic carbocycles. The van der Waals surface area contributed by atoms with Gasteiger partial charge < -0.3 is 25.5 Å². The number of aliphatic imine (C=N–C) groups is 1. The van der Waals surface area contributed by atoms with Crippen LogP contribution in [0.5, 0.6) is 0 Å². The minimum Gasteiger partial charge on any atom is -0.396 e. The third-order valence-corrected chi connectivity index (χ3v) is 5.33. The van der Waals surface area contributed by atoms with Gasteiger partial charge in [-0.3, -0.25) is 4.99 Å². The minimum absolute atomic E-state index is 0.0271. The maximum absolute atomic E-state index is 9.71. The molecule has 1 saturated heterocycles. The van der Waals surface area contributed by atoms with Crippen molar-refractivity contribution in [1.82, 2.24) is 20.5 Å². The molecule has 2 heterocycles. The van der Waals surface area contributed by atoms with E-state index >= 15 is 0 Å². The quantitative estimate of drug-likeness (QED) is 0.484. The summed E-state index contributed by atoms with van der Waals surface area (Å²) in [4.78, 5) is 13.6. The average molecular weight is 397 g/mol. The van der Waals surface area contributed by atoms with Crippen LogP contribution in [0, 0.1) is 0 Å². The topological polar surface area (TPSA) is 76.0 Å². The molecule has 2 aromatic rings. The van der Waals surface area contributed by atoms with Gasteiger partial charge >= 0.3 is 0 Å². The van der Waals surface area contributed by atoms with Crippen molar-refractivity contribution in [3.63, 3.8) is 0 Å². The number of nitrogens with zero attached hydrogens (tertiary/aromatic N) is 4. The fraction of sp³-hybridized carbons (Fsp3) is 0.455. The van der Waals surface area contributed by atoms with Crippen molar-refractivity contribution in [2.75, 3.05) is 58.3 Å². The molecule has 1 unspecified atom stereocenters. The van der Waals surface area contributed by atoms with Crippen molar-refractivity contribution in [2.45, 2.75) is 12.5 Å². The molecular weight excluding hydrogens is 364 g/mol. The average Bonchev–Trinajstić information content (AvgIpc) is 2.78. The van der Waals surface area contributed by atoms with Crippen molar-refractivity contribution in [3.8, 4) is 0 Å². The summed E-state index contributed by atoms with van der Waals surface area (Å²) in [5.74, 6) is 1.78. The zero-order valence-corrected chi connectivity index (χ0v) is 17.4. The first-order valence-corrected chi connectivity index (χ1v) is 10.2. The van der Waals surface area contributed by atoms with E-state index in [1.54, 1.807) is 7.05 Å². The van der Waals surface area contributed by atoms with Crippen LogP contribution in [-0.4, -0.2) is 74.4 Å². The van der Waals surface area contributed by atoms with Crippen molar-refractivity contribution in [1.29, 1.82) is 0 Å². The fourth-order valence-corrected chi connectivity index (χ4v) is 3.38. The number of pyridine rings is 1.